The molecular formula is C17H16FN5. The number of aromatic nitrogens is 3. The molecule has 0 spiro atoms. The van der Waals surface area contributed by atoms with Crippen molar-refractivity contribution in [3.05, 3.63) is 60.5 Å². The minimum atomic E-state index is -0.305. The second kappa shape index (κ2) is 6.83. The maximum Gasteiger partial charge on any atom is 0.225 e. The van der Waals surface area contributed by atoms with Crippen LogP contribution in [0.4, 0.5) is 21.8 Å². The highest BCUT2D eigenvalue weighted by molar-refractivity contribution is 5.65. The Morgan fingerprint density at radius 1 is 1.00 bits per heavy atom. The van der Waals surface area contributed by atoms with E-state index in [1.807, 2.05) is 25.1 Å². The summed E-state index contributed by atoms with van der Waals surface area (Å²) in [5.74, 6) is 0.762. The number of rotatable bonds is 5. The van der Waals surface area contributed by atoms with Gasteiger partial charge in [0.15, 0.2) is 0 Å². The summed E-state index contributed by atoms with van der Waals surface area (Å²) in [6.45, 7) is 2.67. The molecule has 0 aliphatic heterocycles. The number of halogens is 1. The molecule has 116 valence electrons. The maximum absolute atomic E-state index is 13.3. The molecule has 0 atom stereocenters. The minimum absolute atomic E-state index is 0.305. The summed E-state index contributed by atoms with van der Waals surface area (Å²) in [5.41, 5.74) is 2.06. The Morgan fingerprint density at radius 2 is 1.91 bits per heavy atom. The highest BCUT2D eigenvalue weighted by atomic mass is 19.1. The monoisotopic (exact) mass is 309 g/mol. The molecular weight excluding hydrogens is 293 g/mol. The zero-order valence-corrected chi connectivity index (χ0v) is 12.6. The van der Waals surface area contributed by atoms with Crippen molar-refractivity contribution < 1.29 is 4.39 Å². The average Bonchev–Trinajstić information content (AvgIpc) is 2.56. The normalized spacial score (nSPS) is 10.3. The van der Waals surface area contributed by atoms with E-state index in [0.717, 1.165) is 5.69 Å². The Kier molecular flexibility index (Phi) is 4.42. The lowest BCUT2D eigenvalue weighted by Crippen LogP contribution is -2.05. The molecule has 0 unspecified atom stereocenters. The van der Waals surface area contributed by atoms with Crippen LogP contribution in [0.5, 0.6) is 0 Å². The summed E-state index contributed by atoms with van der Waals surface area (Å²) in [5, 5.41) is 6.19. The molecule has 2 heterocycles. The first-order valence-corrected chi connectivity index (χ1v) is 7.31. The first-order valence-electron chi connectivity index (χ1n) is 7.31. The van der Waals surface area contributed by atoms with E-state index < -0.39 is 0 Å². The van der Waals surface area contributed by atoms with Gasteiger partial charge >= 0.3 is 0 Å². The van der Waals surface area contributed by atoms with Crippen molar-refractivity contribution in [2.75, 3.05) is 17.2 Å². The fraction of sp³-hybridized carbons (Fsp3) is 0.118. The van der Waals surface area contributed by atoms with E-state index in [2.05, 4.69) is 25.6 Å². The smallest absolute Gasteiger partial charge is 0.225 e. The van der Waals surface area contributed by atoms with E-state index in [1.165, 1.54) is 12.1 Å². The fourth-order valence-corrected chi connectivity index (χ4v) is 2.11. The Labute approximate surface area is 133 Å². The topological polar surface area (TPSA) is 62.7 Å². The lowest BCUT2D eigenvalue weighted by atomic mass is 10.2. The molecule has 3 rings (SSSR count). The zero-order valence-electron chi connectivity index (χ0n) is 12.6. The lowest BCUT2D eigenvalue weighted by molar-refractivity contribution is 0.628. The van der Waals surface area contributed by atoms with Gasteiger partial charge in [0.05, 0.1) is 11.4 Å². The minimum Gasteiger partial charge on any atom is -0.354 e. The molecule has 0 aliphatic carbocycles. The summed E-state index contributed by atoms with van der Waals surface area (Å²) < 4.78 is 13.3. The second-order valence-electron chi connectivity index (χ2n) is 4.84. The van der Waals surface area contributed by atoms with Crippen LogP contribution in [-0.2, 0) is 0 Å². The van der Waals surface area contributed by atoms with Gasteiger partial charge in [0.2, 0.25) is 5.95 Å². The number of nitrogens with one attached hydrogen (secondary N) is 2. The van der Waals surface area contributed by atoms with Crippen LogP contribution in [0.2, 0.25) is 0 Å². The molecule has 1 aromatic carbocycles. The van der Waals surface area contributed by atoms with Crippen LogP contribution in [0.15, 0.2) is 54.7 Å². The predicted molar refractivity (Wildman–Crippen MR) is 89.1 cm³/mol. The summed E-state index contributed by atoms with van der Waals surface area (Å²) >= 11 is 0. The number of nitrogens with zero attached hydrogens (tertiary/aromatic N) is 3. The van der Waals surface area contributed by atoms with Crippen LogP contribution in [0.3, 0.4) is 0 Å². The van der Waals surface area contributed by atoms with Crippen molar-refractivity contribution in [3.63, 3.8) is 0 Å². The molecule has 0 fully saturated rings. The summed E-state index contributed by atoms with van der Waals surface area (Å²) in [7, 11) is 0. The Balaban J connectivity index is 1.97. The van der Waals surface area contributed by atoms with E-state index in [9.17, 15) is 4.39 Å². The Morgan fingerprint density at radius 3 is 2.65 bits per heavy atom. The third-order valence-corrected chi connectivity index (χ3v) is 3.09. The molecule has 2 aromatic heterocycles. The van der Waals surface area contributed by atoms with Gasteiger partial charge in [-0.15, -0.1) is 0 Å². The number of hydrogen-bond donors (Lipinski definition) is 2. The number of benzene rings is 1. The van der Waals surface area contributed by atoms with Gasteiger partial charge in [0.1, 0.15) is 11.6 Å². The molecule has 3 aromatic rings. The SMILES string of the molecule is CCNc1nc(Nc2cccc(F)c2)cc(-c2ccccn2)n1. The average molecular weight is 309 g/mol. The van der Waals surface area contributed by atoms with Crippen molar-refractivity contribution in [3.8, 4) is 11.4 Å². The second-order valence-corrected chi connectivity index (χ2v) is 4.84. The van der Waals surface area contributed by atoms with Gasteiger partial charge in [-0.25, -0.2) is 9.37 Å². The first-order chi connectivity index (χ1) is 11.2. The third kappa shape index (κ3) is 3.79. The molecule has 0 saturated heterocycles. The standard InChI is InChI=1S/C17H16FN5/c1-2-19-17-22-15(14-8-3-4-9-20-14)11-16(23-17)21-13-7-5-6-12(18)10-13/h3-11H,2H2,1H3,(H2,19,21,22,23). The van der Waals surface area contributed by atoms with Crippen LogP contribution < -0.4 is 10.6 Å². The van der Waals surface area contributed by atoms with Crippen LogP contribution >= 0.6 is 0 Å². The highest BCUT2D eigenvalue weighted by Crippen LogP contribution is 2.22. The summed E-state index contributed by atoms with van der Waals surface area (Å²) in [6.07, 6.45) is 1.71. The Hall–Kier alpha value is -3.02. The number of anilines is 3. The van der Waals surface area contributed by atoms with Crippen molar-refractivity contribution in [2.45, 2.75) is 6.92 Å². The Bertz CT molecular complexity index is 792. The van der Waals surface area contributed by atoms with E-state index in [1.54, 1.807) is 24.4 Å². The molecule has 6 heteroatoms. The maximum atomic E-state index is 13.3. The molecule has 2 N–H and O–H groups in total. The van der Waals surface area contributed by atoms with Gasteiger partial charge < -0.3 is 10.6 Å². The van der Waals surface area contributed by atoms with Crippen molar-refractivity contribution in [1.82, 2.24) is 15.0 Å². The van der Waals surface area contributed by atoms with Crippen LogP contribution in [-0.4, -0.2) is 21.5 Å². The van der Waals surface area contributed by atoms with Crippen LogP contribution in [0.1, 0.15) is 6.92 Å². The van der Waals surface area contributed by atoms with Crippen molar-refractivity contribution in [2.24, 2.45) is 0 Å². The third-order valence-electron chi connectivity index (χ3n) is 3.09. The van der Waals surface area contributed by atoms with Gasteiger partial charge in [0, 0.05) is 24.5 Å². The number of hydrogen-bond acceptors (Lipinski definition) is 5. The number of pyridine rings is 1. The highest BCUT2D eigenvalue weighted by Gasteiger charge is 2.08. The van der Waals surface area contributed by atoms with E-state index in [0.29, 0.717) is 29.7 Å². The van der Waals surface area contributed by atoms with Gasteiger partial charge in [-0.05, 0) is 37.3 Å². The molecule has 0 radical (unpaired) electrons. The quantitative estimate of drug-likeness (QED) is 0.749. The van der Waals surface area contributed by atoms with Crippen molar-refractivity contribution in [1.29, 1.82) is 0 Å². The lowest BCUT2D eigenvalue weighted by Gasteiger charge is -2.10. The molecule has 0 saturated carbocycles. The molecule has 0 bridgehead atoms. The van der Waals surface area contributed by atoms with E-state index in [4.69, 9.17) is 0 Å². The van der Waals surface area contributed by atoms with Gasteiger partial charge in [0.25, 0.3) is 0 Å². The van der Waals surface area contributed by atoms with Gasteiger partial charge in [-0.3, -0.25) is 4.98 Å². The molecule has 23 heavy (non-hydrogen) atoms. The van der Waals surface area contributed by atoms with E-state index in [-0.39, 0.29) is 5.82 Å². The predicted octanol–water partition coefficient (Wildman–Crippen LogP) is 3.85. The fourth-order valence-electron chi connectivity index (χ4n) is 2.11. The zero-order chi connectivity index (χ0) is 16.1. The van der Waals surface area contributed by atoms with Crippen LogP contribution in [0.25, 0.3) is 11.4 Å². The van der Waals surface area contributed by atoms with Gasteiger partial charge in [-0.2, -0.15) is 4.98 Å². The molecule has 5 nitrogen and oxygen atoms in total. The van der Waals surface area contributed by atoms with Crippen LogP contribution in [0, 0.1) is 5.82 Å². The largest absolute Gasteiger partial charge is 0.354 e. The van der Waals surface area contributed by atoms with Gasteiger partial charge in [-0.1, -0.05) is 12.1 Å². The molecule has 0 amide bonds. The summed E-state index contributed by atoms with van der Waals surface area (Å²) in [4.78, 5) is 13.2. The first kappa shape index (κ1) is 14.9. The summed E-state index contributed by atoms with van der Waals surface area (Å²) in [6, 6.07) is 13.6. The van der Waals surface area contributed by atoms with Crippen molar-refractivity contribution >= 4 is 17.5 Å². The molecule has 0 aliphatic rings. The van der Waals surface area contributed by atoms with E-state index >= 15 is 0 Å².